The van der Waals surface area contributed by atoms with Gasteiger partial charge in [0, 0.05) is 25.8 Å². The summed E-state index contributed by atoms with van der Waals surface area (Å²) in [5.41, 5.74) is 2.35. The molecule has 0 aromatic heterocycles. The van der Waals surface area contributed by atoms with E-state index in [9.17, 15) is 5.21 Å². The van der Waals surface area contributed by atoms with Gasteiger partial charge >= 0.3 is 0 Å². The fraction of sp³-hybridized carbons (Fsp3) is 0.500. The number of nitrogens with zero attached hydrogens (tertiary/aromatic N) is 2. The second kappa shape index (κ2) is 5.30. The van der Waals surface area contributed by atoms with Gasteiger partial charge in [-0.15, -0.1) is 0 Å². The Hall–Kier alpha value is -1.10. The van der Waals surface area contributed by atoms with Crippen LogP contribution in [0.3, 0.4) is 0 Å². The first-order chi connectivity index (χ1) is 7.77. The van der Waals surface area contributed by atoms with Gasteiger partial charge in [0.05, 0.1) is 19.8 Å². The molecule has 1 aliphatic rings. The molecule has 0 atom stereocenters. The Morgan fingerprint density at radius 2 is 2.00 bits per heavy atom. The summed E-state index contributed by atoms with van der Waals surface area (Å²) in [4.78, 5) is 2.31. The molecule has 4 nitrogen and oxygen atoms in total. The summed E-state index contributed by atoms with van der Waals surface area (Å²) in [5.74, 6) is 0. The van der Waals surface area contributed by atoms with Crippen molar-refractivity contribution in [1.82, 2.24) is 5.06 Å². The van der Waals surface area contributed by atoms with Crippen LogP contribution in [-0.4, -0.2) is 43.6 Å². The summed E-state index contributed by atoms with van der Waals surface area (Å²) in [6.45, 7) is 3.96. The Kier molecular flexibility index (Phi) is 3.77. The normalized spacial score (nSPS) is 16.8. The van der Waals surface area contributed by atoms with E-state index >= 15 is 0 Å². The number of hydrogen-bond donors (Lipinski definition) is 1. The van der Waals surface area contributed by atoms with Crippen molar-refractivity contribution in [1.29, 1.82) is 0 Å². The van der Waals surface area contributed by atoms with Gasteiger partial charge in [0.2, 0.25) is 0 Å². The molecule has 0 bridgehead atoms. The standard InChI is InChI=1S/C12H18N2O2/c1-13(15)10-11-4-2-3-5-12(11)14-6-8-16-9-7-14/h2-5,15H,6-10H2,1H3. The van der Waals surface area contributed by atoms with E-state index < -0.39 is 0 Å². The van der Waals surface area contributed by atoms with Crippen LogP contribution >= 0.6 is 0 Å². The minimum atomic E-state index is 0.549. The van der Waals surface area contributed by atoms with E-state index in [1.807, 2.05) is 12.1 Å². The topological polar surface area (TPSA) is 35.9 Å². The van der Waals surface area contributed by atoms with E-state index in [0.29, 0.717) is 6.54 Å². The lowest BCUT2D eigenvalue weighted by Gasteiger charge is -2.31. The van der Waals surface area contributed by atoms with Crippen LogP contribution in [0.1, 0.15) is 5.56 Å². The predicted molar refractivity (Wildman–Crippen MR) is 62.7 cm³/mol. The zero-order chi connectivity index (χ0) is 11.4. The largest absolute Gasteiger partial charge is 0.378 e. The van der Waals surface area contributed by atoms with Crippen molar-refractivity contribution in [2.75, 3.05) is 38.3 Å². The molecule has 1 heterocycles. The maximum atomic E-state index is 9.32. The van der Waals surface area contributed by atoms with Crippen LogP contribution in [0.4, 0.5) is 5.69 Å². The van der Waals surface area contributed by atoms with E-state index in [2.05, 4.69) is 17.0 Å². The molecule has 1 saturated heterocycles. The Morgan fingerprint density at radius 1 is 1.31 bits per heavy atom. The summed E-state index contributed by atoms with van der Waals surface area (Å²) in [5, 5.41) is 10.5. The van der Waals surface area contributed by atoms with Crippen molar-refractivity contribution in [3.8, 4) is 0 Å². The molecule has 0 spiro atoms. The molecule has 88 valence electrons. The van der Waals surface area contributed by atoms with Crippen LogP contribution in [0.15, 0.2) is 24.3 Å². The third-order valence-electron chi connectivity index (χ3n) is 2.74. The third kappa shape index (κ3) is 2.72. The summed E-state index contributed by atoms with van der Waals surface area (Å²) < 4.78 is 5.34. The number of hydroxylamine groups is 2. The second-order valence-corrected chi connectivity index (χ2v) is 4.04. The van der Waals surface area contributed by atoms with E-state index in [1.165, 1.54) is 10.8 Å². The van der Waals surface area contributed by atoms with Crippen molar-refractivity contribution in [3.63, 3.8) is 0 Å². The molecule has 1 fully saturated rings. The molecule has 1 aromatic rings. The molecule has 4 heteroatoms. The van der Waals surface area contributed by atoms with Crippen LogP contribution in [-0.2, 0) is 11.3 Å². The van der Waals surface area contributed by atoms with Crippen LogP contribution < -0.4 is 4.90 Å². The first-order valence-corrected chi connectivity index (χ1v) is 5.58. The average molecular weight is 222 g/mol. The van der Waals surface area contributed by atoms with Gasteiger partial charge in [0.1, 0.15) is 0 Å². The number of benzene rings is 1. The molecular formula is C12H18N2O2. The first kappa shape index (κ1) is 11.4. The Bertz CT molecular complexity index is 336. The lowest BCUT2D eigenvalue weighted by atomic mass is 10.1. The van der Waals surface area contributed by atoms with Gasteiger partial charge in [-0.1, -0.05) is 18.2 Å². The van der Waals surface area contributed by atoms with E-state index in [-0.39, 0.29) is 0 Å². The van der Waals surface area contributed by atoms with Gasteiger partial charge in [-0.3, -0.25) is 0 Å². The third-order valence-corrected chi connectivity index (χ3v) is 2.74. The van der Waals surface area contributed by atoms with Crippen molar-refractivity contribution >= 4 is 5.69 Å². The van der Waals surface area contributed by atoms with Crippen LogP contribution in [0.5, 0.6) is 0 Å². The lowest BCUT2D eigenvalue weighted by molar-refractivity contribution is -0.0730. The minimum Gasteiger partial charge on any atom is -0.378 e. The van der Waals surface area contributed by atoms with Crippen LogP contribution in [0, 0.1) is 0 Å². The van der Waals surface area contributed by atoms with Gasteiger partial charge in [0.25, 0.3) is 0 Å². The molecule has 2 rings (SSSR count). The van der Waals surface area contributed by atoms with Crippen LogP contribution in [0.2, 0.25) is 0 Å². The van der Waals surface area contributed by atoms with E-state index in [0.717, 1.165) is 31.9 Å². The molecule has 16 heavy (non-hydrogen) atoms. The van der Waals surface area contributed by atoms with Crippen molar-refractivity contribution in [2.24, 2.45) is 0 Å². The number of ether oxygens (including phenoxy) is 1. The molecule has 0 unspecified atom stereocenters. The van der Waals surface area contributed by atoms with Gasteiger partial charge in [-0.2, -0.15) is 5.06 Å². The van der Waals surface area contributed by atoms with Gasteiger partial charge in [-0.25, -0.2) is 0 Å². The van der Waals surface area contributed by atoms with Gasteiger partial charge in [0.15, 0.2) is 0 Å². The molecule has 1 N–H and O–H groups in total. The number of morpholine rings is 1. The quantitative estimate of drug-likeness (QED) is 0.783. The van der Waals surface area contributed by atoms with E-state index in [4.69, 9.17) is 4.74 Å². The molecule has 0 radical (unpaired) electrons. The zero-order valence-corrected chi connectivity index (χ0v) is 9.59. The molecular weight excluding hydrogens is 204 g/mol. The van der Waals surface area contributed by atoms with E-state index in [1.54, 1.807) is 7.05 Å². The van der Waals surface area contributed by atoms with Crippen molar-refractivity contribution in [3.05, 3.63) is 29.8 Å². The highest BCUT2D eigenvalue weighted by atomic mass is 16.5. The highest BCUT2D eigenvalue weighted by Gasteiger charge is 2.14. The molecule has 0 amide bonds. The highest BCUT2D eigenvalue weighted by molar-refractivity contribution is 5.53. The fourth-order valence-corrected chi connectivity index (χ4v) is 2.00. The highest BCUT2D eigenvalue weighted by Crippen LogP contribution is 2.22. The van der Waals surface area contributed by atoms with Gasteiger partial charge < -0.3 is 14.8 Å². The zero-order valence-electron chi connectivity index (χ0n) is 9.59. The Labute approximate surface area is 96.0 Å². The van der Waals surface area contributed by atoms with Crippen molar-refractivity contribution in [2.45, 2.75) is 6.54 Å². The van der Waals surface area contributed by atoms with Gasteiger partial charge in [-0.05, 0) is 11.6 Å². The molecule has 1 aromatic carbocycles. The molecule has 1 aliphatic heterocycles. The smallest absolute Gasteiger partial charge is 0.0642 e. The SMILES string of the molecule is CN(O)Cc1ccccc1N1CCOCC1. The second-order valence-electron chi connectivity index (χ2n) is 4.04. The minimum absolute atomic E-state index is 0.549. The lowest BCUT2D eigenvalue weighted by Crippen LogP contribution is -2.37. The number of para-hydroxylation sites is 1. The molecule has 0 aliphatic carbocycles. The summed E-state index contributed by atoms with van der Waals surface area (Å²) in [6, 6.07) is 8.19. The number of rotatable bonds is 3. The van der Waals surface area contributed by atoms with Crippen LogP contribution in [0.25, 0.3) is 0 Å². The number of anilines is 1. The molecule has 0 saturated carbocycles. The summed E-state index contributed by atoms with van der Waals surface area (Å²) in [7, 11) is 1.66. The van der Waals surface area contributed by atoms with Crippen molar-refractivity contribution < 1.29 is 9.94 Å². The first-order valence-electron chi connectivity index (χ1n) is 5.58. The Morgan fingerprint density at radius 3 is 2.69 bits per heavy atom. The maximum absolute atomic E-state index is 9.32. The predicted octanol–water partition coefficient (Wildman–Crippen LogP) is 1.34. The summed E-state index contributed by atoms with van der Waals surface area (Å²) in [6.07, 6.45) is 0. The maximum Gasteiger partial charge on any atom is 0.0642 e. The summed E-state index contributed by atoms with van der Waals surface area (Å²) >= 11 is 0. The number of hydrogen-bond acceptors (Lipinski definition) is 4. The average Bonchev–Trinajstić information content (AvgIpc) is 2.30. The fourth-order valence-electron chi connectivity index (χ4n) is 2.00. The monoisotopic (exact) mass is 222 g/mol. The Balaban J connectivity index is 2.17.